The summed E-state index contributed by atoms with van der Waals surface area (Å²) in [5, 5.41) is 1.97. The van der Waals surface area contributed by atoms with Gasteiger partial charge in [-0.1, -0.05) is 29.3 Å². The number of rotatable bonds is 5. The molecule has 2 aromatic carbocycles. The average molecular weight is 441 g/mol. The first kappa shape index (κ1) is 21.3. The molecule has 146 valence electrons. The SMILES string of the molecule is CS(=O)(=O)N(CC(=O)Nc1ccc(Cl)c(C(F)(F)F)c1)c1cccc(Cl)c1. The molecule has 0 aromatic heterocycles. The Balaban J connectivity index is 2.25. The highest BCUT2D eigenvalue weighted by atomic mass is 35.5. The van der Waals surface area contributed by atoms with E-state index in [2.05, 4.69) is 5.32 Å². The number of carbonyl (C=O) groups excluding carboxylic acids is 1. The van der Waals surface area contributed by atoms with Gasteiger partial charge in [0.15, 0.2) is 0 Å². The van der Waals surface area contributed by atoms with Gasteiger partial charge in [0.05, 0.1) is 22.5 Å². The molecule has 2 aromatic rings. The van der Waals surface area contributed by atoms with E-state index in [1.165, 1.54) is 30.3 Å². The van der Waals surface area contributed by atoms with Gasteiger partial charge in [0, 0.05) is 10.7 Å². The Morgan fingerprint density at radius 3 is 2.37 bits per heavy atom. The van der Waals surface area contributed by atoms with Gasteiger partial charge in [0.25, 0.3) is 0 Å². The molecule has 0 spiro atoms. The topological polar surface area (TPSA) is 66.5 Å². The first-order chi connectivity index (χ1) is 12.4. The number of halogens is 5. The second kappa shape index (κ2) is 7.95. The zero-order chi connectivity index (χ0) is 20.4. The third-order valence-corrected chi connectivity index (χ3v) is 5.04. The summed E-state index contributed by atoms with van der Waals surface area (Å²) in [6, 6.07) is 8.65. The van der Waals surface area contributed by atoms with Crippen LogP contribution in [0.4, 0.5) is 24.5 Å². The van der Waals surface area contributed by atoms with Crippen LogP contribution >= 0.6 is 23.2 Å². The van der Waals surface area contributed by atoms with Crippen LogP contribution in [0.2, 0.25) is 10.0 Å². The summed E-state index contributed by atoms with van der Waals surface area (Å²) in [6.45, 7) is -0.650. The number of hydrogen-bond donors (Lipinski definition) is 1. The minimum absolute atomic E-state index is 0.146. The molecule has 0 fully saturated rings. The van der Waals surface area contributed by atoms with E-state index < -0.39 is 39.2 Å². The lowest BCUT2D eigenvalue weighted by molar-refractivity contribution is -0.137. The molecule has 0 saturated carbocycles. The van der Waals surface area contributed by atoms with Crippen LogP contribution in [0.15, 0.2) is 42.5 Å². The maximum absolute atomic E-state index is 12.9. The monoisotopic (exact) mass is 440 g/mol. The Labute approximate surface area is 163 Å². The first-order valence-electron chi connectivity index (χ1n) is 7.28. The van der Waals surface area contributed by atoms with E-state index in [-0.39, 0.29) is 16.4 Å². The molecule has 11 heteroatoms. The predicted molar refractivity (Wildman–Crippen MR) is 98.7 cm³/mol. The third-order valence-electron chi connectivity index (χ3n) is 3.34. The van der Waals surface area contributed by atoms with Crippen LogP contribution in [0, 0.1) is 0 Å². The van der Waals surface area contributed by atoms with E-state index in [1.54, 1.807) is 0 Å². The summed E-state index contributed by atoms with van der Waals surface area (Å²) in [5.74, 6) is -0.837. The van der Waals surface area contributed by atoms with E-state index in [0.29, 0.717) is 6.07 Å². The van der Waals surface area contributed by atoms with Crippen molar-refractivity contribution in [2.75, 3.05) is 22.4 Å². The molecular weight excluding hydrogens is 428 g/mol. The quantitative estimate of drug-likeness (QED) is 0.748. The molecule has 0 aliphatic carbocycles. The molecule has 0 heterocycles. The number of sulfonamides is 1. The summed E-state index contributed by atoms with van der Waals surface area (Å²) >= 11 is 11.4. The van der Waals surface area contributed by atoms with E-state index in [4.69, 9.17) is 23.2 Å². The van der Waals surface area contributed by atoms with Gasteiger partial charge < -0.3 is 5.32 Å². The summed E-state index contributed by atoms with van der Waals surface area (Å²) < 4.78 is 63.5. The maximum atomic E-state index is 12.9. The number of amides is 1. The number of benzene rings is 2. The Morgan fingerprint density at radius 2 is 1.81 bits per heavy atom. The van der Waals surface area contributed by atoms with Crippen molar-refractivity contribution in [3.63, 3.8) is 0 Å². The fraction of sp³-hybridized carbons (Fsp3) is 0.188. The number of nitrogens with one attached hydrogen (secondary N) is 1. The van der Waals surface area contributed by atoms with Crippen molar-refractivity contribution < 1.29 is 26.4 Å². The fourth-order valence-corrected chi connectivity index (χ4v) is 3.44. The molecule has 5 nitrogen and oxygen atoms in total. The predicted octanol–water partition coefficient (Wildman–Crippen LogP) is 4.42. The fourth-order valence-electron chi connectivity index (χ4n) is 2.18. The second-order valence-corrected chi connectivity index (χ2v) is 8.24. The molecule has 1 N–H and O–H groups in total. The van der Waals surface area contributed by atoms with Gasteiger partial charge in [0.2, 0.25) is 15.9 Å². The number of anilines is 2. The summed E-state index contributed by atoms with van der Waals surface area (Å²) in [6.07, 6.45) is -3.80. The molecule has 0 aliphatic rings. The highest BCUT2D eigenvalue weighted by Gasteiger charge is 2.33. The smallest absolute Gasteiger partial charge is 0.324 e. The summed E-state index contributed by atoms with van der Waals surface area (Å²) in [5.41, 5.74) is -1.14. The first-order valence-corrected chi connectivity index (χ1v) is 9.88. The molecule has 2 rings (SSSR count). The Morgan fingerprint density at radius 1 is 1.15 bits per heavy atom. The Bertz CT molecular complexity index is 966. The summed E-state index contributed by atoms with van der Waals surface area (Å²) in [4.78, 5) is 12.2. The molecule has 0 bridgehead atoms. The van der Waals surface area contributed by atoms with Crippen LogP contribution in [-0.4, -0.2) is 27.1 Å². The van der Waals surface area contributed by atoms with E-state index >= 15 is 0 Å². The molecule has 27 heavy (non-hydrogen) atoms. The Hall–Kier alpha value is -1.97. The molecular formula is C16H13Cl2F3N2O3S. The van der Waals surface area contributed by atoms with Gasteiger partial charge in [-0.15, -0.1) is 0 Å². The molecule has 0 atom stereocenters. The van der Waals surface area contributed by atoms with Gasteiger partial charge in [-0.05, 0) is 36.4 Å². The number of alkyl halides is 3. The van der Waals surface area contributed by atoms with Gasteiger partial charge >= 0.3 is 6.18 Å². The van der Waals surface area contributed by atoms with Crippen LogP contribution in [0.25, 0.3) is 0 Å². The lowest BCUT2D eigenvalue weighted by Gasteiger charge is -2.22. The highest BCUT2D eigenvalue weighted by molar-refractivity contribution is 7.92. The van der Waals surface area contributed by atoms with Crippen LogP contribution in [0.1, 0.15) is 5.56 Å². The lowest BCUT2D eigenvalue weighted by Crippen LogP contribution is -2.37. The Kier molecular flexibility index (Phi) is 6.28. The zero-order valence-electron chi connectivity index (χ0n) is 13.7. The molecule has 1 amide bonds. The summed E-state index contributed by atoms with van der Waals surface area (Å²) in [7, 11) is -3.85. The van der Waals surface area contributed by atoms with Crippen molar-refractivity contribution in [3.8, 4) is 0 Å². The molecule has 0 aliphatic heterocycles. The molecule has 0 saturated heterocycles. The van der Waals surface area contributed by atoms with Crippen molar-refractivity contribution in [1.82, 2.24) is 0 Å². The van der Waals surface area contributed by atoms with Crippen LogP contribution < -0.4 is 9.62 Å². The molecule has 0 radical (unpaired) electrons. The van der Waals surface area contributed by atoms with Gasteiger partial charge in [-0.3, -0.25) is 9.10 Å². The van der Waals surface area contributed by atoms with Crippen molar-refractivity contribution in [1.29, 1.82) is 0 Å². The van der Waals surface area contributed by atoms with Crippen molar-refractivity contribution in [2.45, 2.75) is 6.18 Å². The van der Waals surface area contributed by atoms with Crippen molar-refractivity contribution in [3.05, 3.63) is 58.1 Å². The van der Waals surface area contributed by atoms with E-state index in [1.807, 2.05) is 0 Å². The lowest BCUT2D eigenvalue weighted by atomic mass is 10.2. The standard InChI is InChI=1S/C16H13Cl2F3N2O3S/c1-27(25,26)23(12-4-2-3-10(17)7-12)9-15(24)22-11-5-6-14(18)13(8-11)16(19,20)21/h2-8H,9H2,1H3,(H,22,24). The maximum Gasteiger partial charge on any atom is 0.417 e. The number of carbonyl (C=O) groups is 1. The highest BCUT2D eigenvalue weighted by Crippen LogP contribution is 2.36. The second-order valence-electron chi connectivity index (χ2n) is 5.49. The van der Waals surface area contributed by atoms with Crippen molar-refractivity contribution >= 4 is 50.5 Å². The zero-order valence-corrected chi connectivity index (χ0v) is 16.0. The van der Waals surface area contributed by atoms with Gasteiger partial charge in [-0.2, -0.15) is 13.2 Å². The number of nitrogens with zero attached hydrogens (tertiary/aromatic N) is 1. The van der Waals surface area contributed by atoms with Crippen LogP contribution in [0.5, 0.6) is 0 Å². The molecule has 0 unspecified atom stereocenters. The number of hydrogen-bond acceptors (Lipinski definition) is 3. The van der Waals surface area contributed by atoms with E-state index in [0.717, 1.165) is 16.6 Å². The average Bonchev–Trinajstić information content (AvgIpc) is 2.52. The third kappa shape index (κ3) is 5.75. The van der Waals surface area contributed by atoms with E-state index in [9.17, 15) is 26.4 Å². The van der Waals surface area contributed by atoms with Gasteiger partial charge in [0.1, 0.15) is 6.54 Å². The largest absolute Gasteiger partial charge is 0.417 e. The minimum atomic E-state index is -4.70. The van der Waals surface area contributed by atoms with Crippen molar-refractivity contribution in [2.24, 2.45) is 0 Å². The normalized spacial score (nSPS) is 11.9. The minimum Gasteiger partial charge on any atom is -0.324 e. The van der Waals surface area contributed by atoms with Crippen LogP contribution in [-0.2, 0) is 21.0 Å². The van der Waals surface area contributed by atoms with Gasteiger partial charge in [-0.25, -0.2) is 8.42 Å². The van der Waals surface area contributed by atoms with Crippen LogP contribution in [0.3, 0.4) is 0 Å².